The molecule has 0 radical (unpaired) electrons. The molecule has 0 aliphatic rings. The van der Waals surface area contributed by atoms with Crippen LogP contribution in [0.15, 0.2) is 18.6 Å². The SMILES string of the molecule is Nc1cnccn1.O=C(O)O. The topological polar surface area (TPSA) is 109 Å². The Balaban J connectivity index is 0.000000218. The normalized spacial score (nSPS) is 7.64. The predicted molar refractivity (Wildman–Crippen MR) is 37.1 cm³/mol. The predicted octanol–water partition coefficient (Wildman–Crippen LogP) is 0.281. The van der Waals surface area contributed by atoms with Gasteiger partial charge in [-0.15, -0.1) is 0 Å². The van der Waals surface area contributed by atoms with Crippen molar-refractivity contribution in [3.8, 4) is 0 Å². The van der Waals surface area contributed by atoms with Gasteiger partial charge >= 0.3 is 6.16 Å². The molecule has 0 aliphatic heterocycles. The lowest BCUT2D eigenvalue weighted by atomic mass is 10.7. The summed E-state index contributed by atoms with van der Waals surface area (Å²) in [5, 5.41) is 13.9. The van der Waals surface area contributed by atoms with E-state index in [1.54, 1.807) is 12.4 Å². The van der Waals surface area contributed by atoms with Crippen molar-refractivity contribution in [1.29, 1.82) is 0 Å². The molecule has 0 fully saturated rings. The number of carboxylic acid groups (broad SMARTS) is 2. The zero-order chi connectivity index (χ0) is 8.69. The number of hydrogen-bond donors (Lipinski definition) is 3. The molecule has 0 aromatic carbocycles. The van der Waals surface area contributed by atoms with Crippen LogP contribution in [0.3, 0.4) is 0 Å². The minimum atomic E-state index is -1.83. The minimum Gasteiger partial charge on any atom is -0.450 e. The van der Waals surface area contributed by atoms with Crippen LogP contribution in [0.5, 0.6) is 0 Å². The van der Waals surface area contributed by atoms with Crippen molar-refractivity contribution in [2.24, 2.45) is 0 Å². The average Bonchev–Trinajstić information content (AvgIpc) is 1.87. The Hall–Kier alpha value is -1.85. The molecule has 0 aliphatic carbocycles. The zero-order valence-corrected chi connectivity index (χ0v) is 5.51. The number of nitrogens with zero attached hydrogens (tertiary/aromatic N) is 2. The van der Waals surface area contributed by atoms with Crippen molar-refractivity contribution in [3.05, 3.63) is 18.6 Å². The van der Waals surface area contributed by atoms with Gasteiger partial charge in [-0.2, -0.15) is 0 Å². The van der Waals surface area contributed by atoms with Gasteiger partial charge in [0.1, 0.15) is 5.82 Å². The summed E-state index contributed by atoms with van der Waals surface area (Å²) in [4.78, 5) is 15.9. The van der Waals surface area contributed by atoms with E-state index in [0.29, 0.717) is 5.82 Å². The van der Waals surface area contributed by atoms with Crippen molar-refractivity contribution >= 4 is 12.0 Å². The first-order valence-corrected chi connectivity index (χ1v) is 2.56. The fraction of sp³-hybridized carbons (Fsp3) is 0. The van der Waals surface area contributed by atoms with E-state index >= 15 is 0 Å². The highest BCUT2D eigenvalue weighted by Crippen LogP contribution is 1.84. The molecule has 6 heteroatoms. The molecule has 0 spiro atoms. The third-order valence-electron chi connectivity index (χ3n) is 0.583. The van der Waals surface area contributed by atoms with Gasteiger partial charge in [0.05, 0.1) is 6.20 Å². The molecule has 1 heterocycles. The maximum absolute atomic E-state index is 8.56. The van der Waals surface area contributed by atoms with E-state index in [1.165, 1.54) is 6.20 Å². The Kier molecular flexibility index (Phi) is 4.14. The number of rotatable bonds is 0. The Morgan fingerprint density at radius 2 is 2.00 bits per heavy atom. The average molecular weight is 157 g/mol. The van der Waals surface area contributed by atoms with Crippen molar-refractivity contribution in [2.45, 2.75) is 0 Å². The third kappa shape index (κ3) is 8.15. The summed E-state index contributed by atoms with van der Waals surface area (Å²) in [6.07, 6.45) is 2.80. The van der Waals surface area contributed by atoms with E-state index in [0.717, 1.165) is 0 Å². The van der Waals surface area contributed by atoms with Crippen molar-refractivity contribution in [2.75, 3.05) is 5.73 Å². The molecule has 4 N–H and O–H groups in total. The molecule has 0 bridgehead atoms. The Bertz CT molecular complexity index is 209. The standard InChI is InChI=1S/C4H5N3.CH2O3/c5-4-3-6-1-2-7-4;2-1(3)4/h1-3H,(H2,5,7);(H2,2,3,4). The first-order chi connectivity index (χ1) is 5.13. The fourth-order valence-electron chi connectivity index (χ4n) is 0.311. The molecule has 0 unspecified atom stereocenters. The molecular weight excluding hydrogens is 150 g/mol. The Morgan fingerprint density at radius 3 is 2.18 bits per heavy atom. The molecule has 60 valence electrons. The van der Waals surface area contributed by atoms with E-state index in [-0.39, 0.29) is 0 Å². The van der Waals surface area contributed by atoms with Gasteiger partial charge in [-0.3, -0.25) is 4.98 Å². The van der Waals surface area contributed by atoms with Crippen LogP contribution in [0.25, 0.3) is 0 Å². The largest absolute Gasteiger partial charge is 0.503 e. The van der Waals surface area contributed by atoms with Crippen molar-refractivity contribution < 1.29 is 15.0 Å². The molecule has 11 heavy (non-hydrogen) atoms. The molecule has 1 aromatic heterocycles. The van der Waals surface area contributed by atoms with Gasteiger partial charge < -0.3 is 15.9 Å². The maximum atomic E-state index is 8.56. The van der Waals surface area contributed by atoms with Crippen LogP contribution in [0.4, 0.5) is 10.6 Å². The van der Waals surface area contributed by atoms with Gasteiger partial charge in [-0.25, -0.2) is 9.78 Å². The molecule has 1 aromatic rings. The van der Waals surface area contributed by atoms with Gasteiger partial charge in [-0.1, -0.05) is 0 Å². The lowest BCUT2D eigenvalue weighted by molar-refractivity contribution is 0.137. The second-order valence-electron chi connectivity index (χ2n) is 1.41. The second-order valence-corrected chi connectivity index (χ2v) is 1.41. The summed E-state index contributed by atoms with van der Waals surface area (Å²) in [5.74, 6) is 0.461. The lowest BCUT2D eigenvalue weighted by Gasteiger charge is -1.82. The van der Waals surface area contributed by atoms with Gasteiger partial charge in [0.25, 0.3) is 0 Å². The Morgan fingerprint density at radius 1 is 1.45 bits per heavy atom. The lowest BCUT2D eigenvalue weighted by Crippen LogP contribution is -1.87. The smallest absolute Gasteiger partial charge is 0.450 e. The first kappa shape index (κ1) is 9.15. The maximum Gasteiger partial charge on any atom is 0.503 e. The van der Waals surface area contributed by atoms with Crippen LogP contribution in [0.2, 0.25) is 0 Å². The van der Waals surface area contributed by atoms with E-state index < -0.39 is 6.16 Å². The summed E-state index contributed by atoms with van der Waals surface area (Å²) < 4.78 is 0. The third-order valence-corrected chi connectivity index (χ3v) is 0.583. The van der Waals surface area contributed by atoms with Crippen molar-refractivity contribution in [1.82, 2.24) is 9.97 Å². The van der Waals surface area contributed by atoms with Crippen molar-refractivity contribution in [3.63, 3.8) is 0 Å². The quantitative estimate of drug-likeness (QED) is 0.499. The number of anilines is 1. The molecule has 0 saturated heterocycles. The highest BCUT2D eigenvalue weighted by atomic mass is 16.6. The molecule has 0 atom stereocenters. The monoisotopic (exact) mass is 157 g/mol. The van der Waals surface area contributed by atoms with Crippen LogP contribution in [-0.2, 0) is 0 Å². The van der Waals surface area contributed by atoms with Gasteiger partial charge in [0.15, 0.2) is 0 Å². The van der Waals surface area contributed by atoms with E-state index in [4.69, 9.17) is 20.7 Å². The fourth-order valence-corrected chi connectivity index (χ4v) is 0.311. The zero-order valence-electron chi connectivity index (χ0n) is 5.51. The van der Waals surface area contributed by atoms with E-state index in [2.05, 4.69) is 9.97 Å². The summed E-state index contributed by atoms with van der Waals surface area (Å²) >= 11 is 0. The van der Waals surface area contributed by atoms with Crippen LogP contribution in [0, 0.1) is 0 Å². The highest BCUT2D eigenvalue weighted by Gasteiger charge is 1.74. The molecule has 6 nitrogen and oxygen atoms in total. The summed E-state index contributed by atoms with van der Waals surface area (Å²) in [5.41, 5.74) is 5.18. The second kappa shape index (κ2) is 4.98. The van der Waals surface area contributed by atoms with Gasteiger partial charge in [-0.05, 0) is 0 Å². The molecule has 0 amide bonds. The van der Waals surface area contributed by atoms with Crippen LogP contribution in [-0.4, -0.2) is 26.3 Å². The molecule has 1 rings (SSSR count). The van der Waals surface area contributed by atoms with Crippen LogP contribution >= 0.6 is 0 Å². The van der Waals surface area contributed by atoms with Gasteiger partial charge in [0.2, 0.25) is 0 Å². The first-order valence-electron chi connectivity index (χ1n) is 2.56. The number of carbonyl (C=O) groups is 1. The van der Waals surface area contributed by atoms with E-state index in [9.17, 15) is 0 Å². The Labute approximate surface area is 62.3 Å². The number of nitrogens with two attached hydrogens (primary N) is 1. The highest BCUT2D eigenvalue weighted by molar-refractivity contribution is 5.53. The van der Waals surface area contributed by atoms with Gasteiger partial charge in [0, 0.05) is 12.4 Å². The summed E-state index contributed by atoms with van der Waals surface area (Å²) in [6.45, 7) is 0. The van der Waals surface area contributed by atoms with E-state index in [1.807, 2.05) is 0 Å². The van der Waals surface area contributed by atoms with Crippen LogP contribution in [0.1, 0.15) is 0 Å². The number of nitrogen functional groups attached to an aromatic ring is 1. The number of aromatic nitrogens is 2. The molecular formula is C5H7N3O3. The number of hydrogen-bond acceptors (Lipinski definition) is 4. The minimum absolute atomic E-state index is 0.461. The summed E-state index contributed by atoms with van der Waals surface area (Å²) in [6, 6.07) is 0. The molecule has 0 saturated carbocycles. The van der Waals surface area contributed by atoms with Crippen LogP contribution < -0.4 is 5.73 Å². The summed E-state index contributed by atoms with van der Waals surface area (Å²) in [7, 11) is 0.